The maximum absolute atomic E-state index is 13.3. The fourth-order valence-electron chi connectivity index (χ4n) is 1.03. The van der Waals surface area contributed by atoms with Gasteiger partial charge in [0.1, 0.15) is 0 Å². The standard InChI is InChI=1S/C11H10FNO3/c1-15-11(14)4-5-16-10-3-2-8(7-13)6-9(10)12/h2-3,6H,4-5H2,1H3. The summed E-state index contributed by atoms with van der Waals surface area (Å²) >= 11 is 0. The number of rotatable bonds is 4. The van der Waals surface area contributed by atoms with E-state index in [0.29, 0.717) is 0 Å². The molecule has 5 heteroatoms. The highest BCUT2D eigenvalue weighted by atomic mass is 19.1. The second kappa shape index (κ2) is 5.71. The predicted octanol–water partition coefficient (Wildman–Crippen LogP) is 1.64. The van der Waals surface area contributed by atoms with Crippen molar-refractivity contribution in [1.29, 1.82) is 5.26 Å². The Morgan fingerprint density at radius 1 is 1.56 bits per heavy atom. The van der Waals surface area contributed by atoms with Gasteiger partial charge in [-0.05, 0) is 18.2 Å². The summed E-state index contributed by atoms with van der Waals surface area (Å²) in [6.07, 6.45) is 0.0515. The van der Waals surface area contributed by atoms with Crippen molar-refractivity contribution in [1.82, 2.24) is 0 Å². The molecule has 0 unspecified atom stereocenters. The Hall–Kier alpha value is -2.09. The van der Waals surface area contributed by atoms with Gasteiger partial charge < -0.3 is 9.47 Å². The average molecular weight is 223 g/mol. The lowest BCUT2D eigenvalue weighted by Crippen LogP contribution is -2.08. The van der Waals surface area contributed by atoms with Gasteiger partial charge >= 0.3 is 5.97 Å². The third-order valence-corrected chi connectivity index (χ3v) is 1.85. The minimum absolute atomic E-state index is 0.0166. The van der Waals surface area contributed by atoms with Crippen LogP contribution in [-0.2, 0) is 9.53 Å². The highest BCUT2D eigenvalue weighted by Gasteiger charge is 2.06. The number of hydrogen-bond donors (Lipinski definition) is 0. The van der Waals surface area contributed by atoms with Gasteiger partial charge in [-0.3, -0.25) is 4.79 Å². The molecule has 0 aliphatic heterocycles. The van der Waals surface area contributed by atoms with Crippen LogP contribution in [0.5, 0.6) is 5.75 Å². The molecule has 16 heavy (non-hydrogen) atoms. The highest BCUT2D eigenvalue weighted by molar-refractivity contribution is 5.69. The maximum Gasteiger partial charge on any atom is 0.308 e. The summed E-state index contributed by atoms with van der Waals surface area (Å²) in [7, 11) is 1.27. The van der Waals surface area contributed by atoms with Crippen LogP contribution in [0.15, 0.2) is 18.2 Å². The van der Waals surface area contributed by atoms with E-state index in [0.717, 1.165) is 6.07 Å². The molecule has 0 amide bonds. The van der Waals surface area contributed by atoms with E-state index in [2.05, 4.69) is 4.74 Å². The van der Waals surface area contributed by atoms with Crippen LogP contribution >= 0.6 is 0 Å². The number of methoxy groups -OCH3 is 1. The Balaban J connectivity index is 2.55. The summed E-state index contributed by atoms with van der Waals surface area (Å²) in [5.74, 6) is -1.03. The monoisotopic (exact) mass is 223 g/mol. The first-order chi connectivity index (χ1) is 7.67. The normalized spacial score (nSPS) is 9.31. The van der Waals surface area contributed by atoms with E-state index in [9.17, 15) is 9.18 Å². The molecule has 1 aromatic rings. The number of nitrogens with zero attached hydrogens (tertiary/aromatic N) is 1. The molecule has 0 saturated carbocycles. The van der Waals surface area contributed by atoms with Crippen molar-refractivity contribution in [2.75, 3.05) is 13.7 Å². The first kappa shape index (κ1) is 12.0. The van der Waals surface area contributed by atoms with E-state index in [1.807, 2.05) is 6.07 Å². The summed E-state index contributed by atoms with van der Waals surface area (Å²) in [6.45, 7) is 0.0372. The van der Waals surface area contributed by atoms with E-state index < -0.39 is 11.8 Å². The second-order valence-electron chi connectivity index (χ2n) is 2.93. The zero-order valence-corrected chi connectivity index (χ0v) is 8.70. The molecule has 0 spiro atoms. The van der Waals surface area contributed by atoms with Crippen LogP contribution in [0.4, 0.5) is 4.39 Å². The molecule has 0 bridgehead atoms. The van der Waals surface area contributed by atoms with Crippen molar-refractivity contribution in [3.05, 3.63) is 29.6 Å². The molecule has 84 valence electrons. The molecule has 0 aliphatic rings. The Kier molecular flexibility index (Phi) is 4.28. The van der Waals surface area contributed by atoms with Gasteiger partial charge in [0.25, 0.3) is 0 Å². The minimum atomic E-state index is -0.621. The molecular weight excluding hydrogens is 213 g/mol. The first-order valence-corrected chi connectivity index (χ1v) is 4.56. The number of nitriles is 1. The molecule has 0 heterocycles. The second-order valence-corrected chi connectivity index (χ2v) is 2.93. The van der Waals surface area contributed by atoms with Gasteiger partial charge in [0.15, 0.2) is 11.6 Å². The minimum Gasteiger partial charge on any atom is -0.490 e. The lowest BCUT2D eigenvalue weighted by atomic mass is 10.2. The maximum atomic E-state index is 13.3. The summed E-state index contributed by atoms with van der Waals surface area (Å²) in [4.78, 5) is 10.7. The van der Waals surface area contributed by atoms with Crippen LogP contribution in [0.2, 0.25) is 0 Å². The van der Waals surface area contributed by atoms with Gasteiger partial charge in [0.05, 0.1) is 31.8 Å². The summed E-state index contributed by atoms with van der Waals surface area (Å²) in [5, 5.41) is 8.52. The van der Waals surface area contributed by atoms with Crippen LogP contribution in [-0.4, -0.2) is 19.7 Å². The Labute approximate surface area is 92.2 Å². The topological polar surface area (TPSA) is 59.3 Å². The van der Waals surface area contributed by atoms with E-state index in [-0.39, 0.29) is 24.3 Å². The van der Waals surface area contributed by atoms with Crippen molar-refractivity contribution in [2.24, 2.45) is 0 Å². The van der Waals surface area contributed by atoms with E-state index in [1.165, 1.54) is 19.2 Å². The number of ether oxygens (including phenoxy) is 2. The van der Waals surface area contributed by atoms with E-state index in [1.54, 1.807) is 0 Å². The predicted molar refractivity (Wildman–Crippen MR) is 53.2 cm³/mol. The largest absolute Gasteiger partial charge is 0.490 e. The molecule has 0 aliphatic carbocycles. The summed E-state index contributed by atoms with van der Waals surface area (Å²) in [5.41, 5.74) is 0.220. The zero-order valence-electron chi connectivity index (χ0n) is 8.70. The summed E-state index contributed by atoms with van der Waals surface area (Å²) in [6, 6.07) is 5.68. The fourth-order valence-corrected chi connectivity index (χ4v) is 1.03. The van der Waals surface area contributed by atoms with Crippen LogP contribution in [0.25, 0.3) is 0 Å². The Morgan fingerprint density at radius 3 is 2.88 bits per heavy atom. The van der Waals surface area contributed by atoms with Crippen molar-refractivity contribution < 1.29 is 18.7 Å². The highest BCUT2D eigenvalue weighted by Crippen LogP contribution is 2.17. The van der Waals surface area contributed by atoms with Gasteiger partial charge in [-0.2, -0.15) is 5.26 Å². The number of esters is 1. The zero-order chi connectivity index (χ0) is 12.0. The van der Waals surface area contributed by atoms with Crippen molar-refractivity contribution in [2.45, 2.75) is 6.42 Å². The molecule has 0 N–H and O–H groups in total. The Bertz CT molecular complexity index is 426. The van der Waals surface area contributed by atoms with Crippen LogP contribution < -0.4 is 4.74 Å². The van der Waals surface area contributed by atoms with Crippen LogP contribution in [0.3, 0.4) is 0 Å². The molecule has 1 rings (SSSR count). The lowest BCUT2D eigenvalue weighted by Gasteiger charge is -2.06. The third-order valence-electron chi connectivity index (χ3n) is 1.85. The number of carbonyl (C=O) groups is 1. The Morgan fingerprint density at radius 2 is 2.31 bits per heavy atom. The van der Waals surface area contributed by atoms with Gasteiger partial charge in [0, 0.05) is 0 Å². The summed E-state index contributed by atoms with van der Waals surface area (Å²) < 4.78 is 22.7. The van der Waals surface area contributed by atoms with Crippen LogP contribution in [0.1, 0.15) is 12.0 Å². The molecule has 4 nitrogen and oxygen atoms in total. The quantitative estimate of drug-likeness (QED) is 0.728. The van der Waals surface area contributed by atoms with E-state index >= 15 is 0 Å². The lowest BCUT2D eigenvalue weighted by molar-refractivity contribution is -0.141. The fraction of sp³-hybridized carbons (Fsp3) is 0.273. The molecule has 0 aromatic heterocycles. The van der Waals surface area contributed by atoms with Crippen LogP contribution in [0, 0.1) is 17.1 Å². The smallest absolute Gasteiger partial charge is 0.308 e. The van der Waals surface area contributed by atoms with Crippen molar-refractivity contribution >= 4 is 5.97 Å². The van der Waals surface area contributed by atoms with Gasteiger partial charge in [-0.1, -0.05) is 0 Å². The first-order valence-electron chi connectivity index (χ1n) is 4.56. The molecule has 0 radical (unpaired) electrons. The number of hydrogen-bond acceptors (Lipinski definition) is 4. The molecule has 0 saturated heterocycles. The third kappa shape index (κ3) is 3.24. The van der Waals surface area contributed by atoms with Gasteiger partial charge in [0.2, 0.25) is 0 Å². The molecule has 0 atom stereocenters. The number of carbonyl (C=O) groups excluding carboxylic acids is 1. The number of halogens is 1. The molecule has 0 fully saturated rings. The van der Waals surface area contributed by atoms with Gasteiger partial charge in [-0.15, -0.1) is 0 Å². The molecular formula is C11H10FNO3. The van der Waals surface area contributed by atoms with E-state index in [4.69, 9.17) is 10.00 Å². The van der Waals surface area contributed by atoms with Crippen molar-refractivity contribution in [3.8, 4) is 11.8 Å². The average Bonchev–Trinajstić information content (AvgIpc) is 2.30. The van der Waals surface area contributed by atoms with Crippen molar-refractivity contribution in [3.63, 3.8) is 0 Å². The number of benzene rings is 1. The van der Waals surface area contributed by atoms with Gasteiger partial charge in [-0.25, -0.2) is 4.39 Å². The SMILES string of the molecule is COC(=O)CCOc1ccc(C#N)cc1F. The molecule has 1 aromatic carbocycles.